The minimum atomic E-state index is 0.864. The van der Waals surface area contributed by atoms with Crippen molar-refractivity contribution in [2.24, 2.45) is 0 Å². The molecule has 0 spiro atoms. The molecule has 0 saturated carbocycles. The Kier molecular flexibility index (Phi) is 6.33. The van der Waals surface area contributed by atoms with Crippen LogP contribution in [0, 0.1) is 0 Å². The predicted molar refractivity (Wildman–Crippen MR) is 74.3 cm³/mol. The van der Waals surface area contributed by atoms with Gasteiger partial charge in [-0.3, -0.25) is 4.98 Å². The molecule has 0 aromatic carbocycles. The van der Waals surface area contributed by atoms with Crippen molar-refractivity contribution in [3.63, 3.8) is 0 Å². The molecule has 94 valence electrons. The SMILES string of the molecule is C=CCN(CC)c1cnccc1CNCCC. The summed E-state index contributed by atoms with van der Waals surface area (Å²) >= 11 is 0. The van der Waals surface area contributed by atoms with Gasteiger partial charge < -0.3 is 10.2 Å². The predicted octanol–water partition coefficient (Wildman–Crippen LogP) is 2.59. The molecule has 0 unspecified atom stereocenters. The fourth-order valence-corrected chi connectivity index (χ4v) is 1.80. The first-order valence-electron chi connectivity index (χ1n) is 6.32. The third-order valence-corrected chi connectivity index (χ3v) is 2.70. The lowest BCUT2D eigenvalue weighted by Crippen LogP contribution is -2.25. The molecule has 1 N–H and O–H groups in total. The van der Waals surface area contributed by atoms with Crippen molar-refractivity contribution in [2.75, 3.05) is 24.5 Å². The van der Waals surface area contributed by atoms with E-state index in [0.717, 1.165) is 32.6 Å². The van der Waals surface area contributed by atoms with Gasteiger partial charge in [0, 0.05) is 25.8 Å². The minimum Gasteiger partial charge on any atom is -0.367 e. The van der Waals surface area contributed by atoms with E-state index in [0.29, 0.717) is 0 Å². The van der Waals surface area contributed by atoms with Crippen molar-refractivity contribution in [3.05, 3.63) is 36.7 Å². The minimum absolute atomic E-state index is 0.864. The summed E-state index contributed by atoms with van der Waals surface area (Å²) in [6.45, 7) is 11.9. The maximum absolute atomic E-state index is 4.22. The number of nitrogens with one attached hydrogen (secondary N) is 1. The Morgan fingerprint density at radius 3 is 2.94 bits per heavy atom. The second-order valence-electron chi connectivity index (χ2n) is 4.01. The zero-order chi connectivity index (χ0) is 12.5. The Balaban J connectivity index is 2.77. The highest BCUT2D eigenvalue weighted by molar-refractivity contribution is 5.52. The lowest BCUT2D eigenvalue weighted by Gasteiger charge is -2.23. The molecular weight excluding hydrogens is 210 g/mol. The molecule has 17 heavy (non-hydrogen) atoms. The van der Waals surface area contributed by atoms with Crippen LogP contribution >= 0.6 is 0 Å². The third kappa shape index (κ3) is 4.19. The maximum atomic E-state index is 4.22. The van der Waals surface area contributed by atoms with E-state index in [9.17, 15) is 0 Å². The van der Waals surface area contributed by atoms with E-state index in [-0.39, 0.29) is 0 Å². The summed E-state index contributed by atoms with van der Waals surface area (Å²) in [6, 6.07) is 2.09. The van der Waals surface area contributed by atoms with Crippen LogP contribution in [0.4, 0.5) is 5.69 Å². The van der Waals surface area contributed by atoms with Crippen molar-refractivity contribution in [3.8, 4) is 0 Å². The summed E-state index contributed by atoms with van der Waals surface area (Å²) in [5.74, 6) is 0. The maximum Gasteiger partial charge on any atom is 0.0601 e. The Hall–Kier alpha value is -1.35. The number of aromatic nitrogens is 1. The summed E-state index contributed by atoms with van der Waals surface area (Å²) < 4.78 is 0. The fourth-order valence-electron chi connectivity index (χ4n) is 1.80. The molecule has 0 bridgehead atoms. The fraction of sp³-hybridized carbons (Fsp3) is 0.500. The molecule has 0 atom stereocenters. The van der Waals surface area contributed by atoms with E-state index in [1.807, 2.05) is 18.5 Å². The van der Waals surface area contributed by atoms with Gasteiger partial charge in [0.15, 0.2) is 0 Å². The number of hydrogen-bond donors (Lipinski definition) is 1. The highest BCUT2D eigenvalue weighted by atomic mass is 15.1. The van der Waals surface area contributed by atoms with Crippen LogP contribution in [0.3, 0.4) is 0 Å². The largest absolute Gasteiger partial charge is 0.367 e. The topological polar surface area (TPSA) is 28.2 Å². The summed E-state index contributed by atoms with van der Waals surface area (Å²) in [5.41, 5.74) is 2.51. The zero-order valence-corrected chi connectivity index (χ0v) is 10.9. The second-order valence-corrected chi connectivity index (χ2v) is 4.01. The Morgan fingerprint density at radius 1 is 1.47 bits per heavy atom. The first kappa shape index (κ1) is 13.7. The number of pyridine rings is 1. The Bertz CT molecular complexity index is 336. The lowest BCUT2D eigenvalue weighted by molar-refractivity contribution is 0.673. The van der Waals surface area contributed by atoms with Crippen LogP contribution in [0.1, 0.15) is 25.8 Å². The average molecular weight is 233 g/mol. The van der Waals surface area contributed by atoms with Crippen LogP contribution in [0.25, 0.3) is 0 Å². The standard InChI is InChI=1S/C14H23N3/c1-4-8-15-11-13-7-9-16-12-14(13)17(6-3)10-5-2/h5,7,9,12,15H,2,4,6,8,10-11H2,1,3H3. The van der Waals surface area contributed by atoms with Gasteiger partial charge in [-0.2, -0.15) is 0 Å². The van der Waals surface area contributed by atoms with Crippen LogP contribution < -0.4 is 10.2 Å². The van der Waals surface area contributed by atoms with Crippen molar-refractivity contribution in [1.82, 2.24) is 10.3 Å². The molecule has 0 radical (unpaired) electrons. The van der Waals surface area contributed by atoms with Crippen molar-refractivity contribution in [1.29, 1.82) is 0 Å². The van der Waals surface area contributed by atoms with Crippen molar-refractivity contribution in [2.45, 2.75) is 26.8 Å². The number of anilines is 1. The van der Waals surface area contributed by atoms with Gasteiger partial charge in [-0.05, 0) is 31.5 Å². The second kappa shape index (κ2) is 7.85. The molecule has 3 nitrogen and oxygen atoms in total. The van der Waals surface area contributed by atoms with Crippen LogP contribution in [0.5, 0.6) is 0 Å². The number of likely N-dealkylation sites (N-methyl/N-ethyl adjacent to an activating group) is 1. The van der Waals surface area contributed by atoms with E-state index in [4.69, 9.17) is 0 Å². The van der Waals surface area contributed by atoms with Crippen LogP contribution in [-0.4, -0.2) is 24.6 Å². The molecule has 1 aromatic heterocycles. The van der Waals surface area contributed by atoms with E-state index in [1.165, 1.54) is 11.3 Å². The van der Waals surface area contributed by atoms with Gasteiger partial charge in [0.05, 0.1) is 11.9 Å². The molecule has 1 rings (SSSR count). The van der Waals surface area contributed by atoms with Gasteiger partial charge in [-0.15, -0.1) is 6.58 Å². The number of nitrogens with zero attached hydrogens (tertiary/aromatic N) is 2. The van der Waals surface area contributed by atoms with Crippen LogP contribution in [-0.2, 0) is 6.54 Å². The van der Waals surface area contributed by atoms with E-state index in [1.54, 1.807) is 0 Å². The molecule has 0 saturated heterocycles. The van der Waals surface area contributed by atoms with Gasteiger partial charge in [-0.25, -0.2) is 0 Å². The zero-order valence-electron chi connectivity index (χ0n) is 10.9. The van der Waals surface area contributed by atoms with Gasteiger partial charge in [0.2, 0.25) is 0 Å². The molecule has 0 aliphatic heterocycles. The van der Waals surface area contributed by atoms with Gasteiger partial charge in [0.1, 0.15) is 0 Å². The molecule has 1 aromatic rings. The van der Waals surface area contributed by atoms with E-state index < -0.39 is 0 Å². The average Bonchev–Trinajstić information content (AvgIpc) is 2.37. The monoisotopic (exact) mass is 233 g/mol. The Labute approximate surface area is 105 Å². The lowest BCUT2D eigenvalue weighted by atomic mass is 10.2. The quantitative estimate of drug-likeness (QED) is 0.552. The first-order chi connectivity index (χ1) is 8.33. The highest BCUT2D eigenvalue weighted by Crippen LogP contribution is 2.18. The molecule has 0 aliphatic carbocycles. The number of rotatable bonds is 8. The summed E-state index contributed by atoms with van der Waals surface area (Å²) in [5, 5.41) is 3.43. The highest BCUT2D eigenvalue weighted by Gasteiger charge is 2.07. The van der Waals surface area contributed by atoms with Crippen LogP contribution in [0.2, 0.25) is 0 Å². The normalized spacial score (nSPS) is 10.2. The third-order valence-electron chi connectivity index (χ3n) is 2.70. The van der Waals surface area contributed by atoms with Gasteiger partial charge in [-0.1, -0.05) is 13.0 Å². The number of hydrogen-bond acceptors (Lipinski definition) is 3. The summed E-state index contributed by atoms with van der Waals surface area (Å²) in [7, 11) is 0. The molecule has 1 heterocycles. The molecule has 3 heteroatoms. The molecular formula is C14H23N3. The van der Waals surface area contributed by atoms with Crippen LogP contribution in [0.15, 0.2) is 31.1 Å². The molecule has 0 amide bonds. The van der Waals surface area contributed by atoms with Crippen molar-refractivity contribution >= 4 is 5.69 Å². The molecule has 0 aliphatic rings. The van der Waals surface area contributed by atoms with Gasteiger partial charge >= 0.3 is 0 Å². The Morgan fingerprint density at radius 2 is 2.29 bits per heavy atom. The smallest absolute Gasteiger partial charge is 0.0601 e. The van der Waals surface area contributed by atoms with E-state index in [2.05, 4.69) is 41.7 Å². The van der Waals surface area contributed by atoms with Crippen molar-refractivity contribution < 1.29 is 0 Å². The first-order valence-corrected chi connectivity index (χ1v) is 6.32. The summed E-state index contributed by atoms with van der Waals surface area (Å²) in [4.78, 5) is 6.50. The van der Waals surface area contributed by atoms with E-state index >= 15 is 0 Å². The summed E-state index contributed by atoms with van der Waals surface area (Å²) in [6.07, 6.45) is 6.88. The molecule has 0 fully saturated rings. The van der Waals surface area contributed by atoms with Gasteiger partial charge in [0.25, 0.3) is 0 Å².